The standard InChI is InChI=1S/C19H17BrN2O2/c1-2-13-3-6-16(7-4-13)21-19(24)11-22-10-14(12-23)17-9-15(20)5-8-18(17)22/h3-10,12H,2,11H2,1H3,(H,21,24). The van der Waals surface area contributed by atoms with Crippen LogP contribution in [0.5, 0.6) is 0 Å². The van der Waals surface area contributed by atoms with Crippen LogP contribution in [0.1, 0.15) is 22.8 Å². The van der Waals surface area contributed by atoms with Gasteiger partial charge in [0.1, 0.15) is 6.54 Å². The highest BCUT2D eigenvalue weighted by Crippen LogP contribution is 2.24. The fourth-order valence-electron chi connectivity index (χ4n) is 2.70. The first-order valence-electron chi connectivity index (χ1n) is 7.73. The zero-order valence-corrected chi connectivity index (χ0v) is 14.8. The molecule has 0 atom stereocenters. The maximum absolute atomic E-state index is 12.3. The van der Waals surface area contributed by atoms with Gasteiger partial charge in [-0.25, -0.2) is 0 Å². The third-order valence-electron chi connectivity index (χ3n) is 3.96. The Labute approximate surface area is 148 Å². The summed E-state index contributed by atoms with van der Waals surface area (Å²) in [6, 6.07) is 13.5. The van der Waals surface area contributed by atoms with Crippen LogP contribution in [0.2, 0.25) is 0 Å². The fraction of sp³-hybridized carbons (Fsp3) is 0.158. The van der Waals surface area contributed by atoms with Gasteiger partial charge in [-0.05, 0) is 42.3 Å². The van der Waals surface area contributed by atoms with Gasteiger partial charge in [0.2, 0.25) is 5.91 Å². The van der Waals surface area contributed by atoms with Gasteiger partial charge >= 0.3 is 0 Å². The predicted octanol–water partition coefficient (Wildman–Crippen LogP) is 4.42. The lowest BCUT2D eigenvalue weighted by molar-refractivity contribution is -0.116. The number of carbonyl (C=O) groups excluding carboxylic acids is 2. The lowest BCUT2D eigenvalue weighted by atomic mass is 10.1. The summed E-state index contributed by atoms with van der Waals surface area (Å²) in [7, 11) is 0. The number of fused-ring (bicyclic) bond motifs is 1. The molecule has 5 heteroatoms. The van der Waals surface area contributed by atoms with Crippen LogP contribution in [0, 0.1) is 0 Å². The van der Waals surface area contributed by atoms with Crippen molar-refractivity contribution < 1.29 is 9.59 Å². The van der Waals surface area contributed by atoms with Crippen molar-refractivity contribution in [2.24, 2.45) is 0 Å². The molecule has 0 aliphatic heterocycles. The summed E-state index contributed by atoms with van der Waals surface area (Å²) >= 11 is 3.41. The second-order valence-electron chi connectivity index (χ2n) is 5.59. The number of anilines is 1. The van der Waals surface area contributed by atoms with Crippen molar-refractivity contribution in [3.63, 3.8) is 0 Å². The number of hydrogen-bond donors (Lipinski definition) is 1. The number of aldehydes is 1. The van der Waals surface area contributed by atoms with Crippen molar-refractivity contribution in [2.45, 2.75) is 19.9 Å². The molecule has 1 aromatic heterocycles. The van der Waals surface area contributed by atoms with Crippen molar-refractivity contribution >= 4 is 44.7 Å². The maximum atomic E-state index is 12.3. The molecule has 0 saturated heterocycles. The molecule has 0 aliphatic carbocycles. The molecule has 0 radical (unpaired) electrons. The number of carbonyl (C=O) groups is 2. The van der Waals surface area contributed by atoms with Gasteiger partial charge in [-0.2, -0.15) is 0 Å². The lowest BCUT2D eigenvalue weighted by Crippen LogP contribution is -2.18. The van der Waals surface area contributed by atoms with E-state index in [9.17, 15) is 9.59 Å². The molecule has 0 fully saturated rings. The van der Waals surface area contributed by atoms with Crippen molar-refractivity contribution in [2.75, 3.05) is 5.32 Å². The second kappa shape index (κ2) is 7.01. The molecule has 0 aliphatic rings. The quantitative estimate of drug-likeness (QED) is 0.662. The molecule has 2 aromatic carbocycles. The Morgan fingerprint density at radius 2 is 1.96 bits per heavy atom. The Kier molecular flexibility index (Phi) is 4.81. The third kappa shape index (κ3) is 3.41. The smallest absolute Gasteiger partial charge is 0.244 e. The zero-order valence-electron chi connectivity index (χ0n) is 13.3. The second-order valence-corrected chi connectivity index (χ2v) is 6.51. The maximum Gasteiger partial charge on any atom is 0.244 e. The van der Waals surface area contributed by atoms with Gasteiger partial charge < -0.3 is 9.88 Å². The van der Waals surface area contributed by atoms with Crippen LogP contribution in [-0.4, -0.2) is 16.8 Å². The number of halogens is 1. The largest absolute Gasteiger partial charge is 0.337 e. The number of aromatic nitrogens is 1. The fourth-order valence-corrected chi connectivity index (χ4v) is 3.06. The van der Waals surface area contributed by atoms with Crippen LogP contribution in [-0.2, 0) is 17.8 Å². The van der Waals surface area contributed by atoms with Crippen molar-refractivity contribution in [3.8, 4) is 0 Å². The molecule has 3 aromatic rings. The Bertz CT molecular complexity index is 898. The number of hydrogen-bond acceptors (Lipinski definition) is 2. The van der Waals surface area contributed by atoms with Gasteiger partial charge in [0, 0.05) is 32.8 Å². The number of rotatable bonds is 5. The number of benzene rings is 2. The highest BCUT2D eigenvalue weighted by Gasteiger charge is 2.11. The van der Waals surface area contributed by atoms with Gasteiger partial charge in [0.15, 0.2) is 6.29 Å². The summed E-state index contributed by atoms with van der Waals surface area (Å²) in [5.41, 5.74) is 3.43. The average molecular weight is 385 g/mol. The summed E-state index contributed by atoms with van der Waals surface area (Å²) in [6.45, 7) is 2.25. The topological polar surface area (TPSA) is 51.1 Å². The lowest BCUT2D eigenvalue weighted by Gasteiger charge is -2.08. The van der Waals surface area contributed by atoms with E-state index in [4.69, 9.17) is 0 Å². The number of nitrogens with one attached hydrogen (secondary N) is 1. The van der Waals surface area contributed by atoms with E-state index in [2.05, 4.69) is 28.2 Å². The van der Waals surface area contributed by atoms with E-state index in [0.29, 0.717) is 5.56 Å². The molecule has 0 unspecified atom stereocenters. The number of aryl methyl sites for hydroxylation is 1. The summed E-state index contributed by atoms with van der Waals surface area (Å²) in [5, 5.41) is 3.72. The molecule has 122 valence electrons. The van der Waals surface area contributed by atoms with Crippen molar-refractivity contribution in [1.29, 1.82) is 0 Å². The summed E-state index contributed by atoms with van der Waals surface area (Å²) in [5.74, 6) is -0.128. The minimum atomic E-state index is -0.128. The Hall–Kier alpha value is -2.40. The first kappa shape index (κ1) is 16.5. The molecule has 4 nitrogen and oxygen atoms in total. The molecule has 3 rings (SSSR count). The van der Waals surface area contributed by atoms with E-state index in [1.165, 1.54) is 5.56 Å². The minimum Gasteiger partial charge on any atom is -0.337 e. The van der Waals surface area contributed by atoms with Crippen LogP contribution in [0.25, 0.3) is 10.9 Å². The molecule has 0 spiro atoms. The number of nitrogens with zero attached hydrogens (tertiary/aromatic N) is 1. The Morgan fingerprint density at radius 1 is 1.21 bits per heavy atom. The summed E-state index contributed by atoms with van der Waals surface area (Å²) in [6.07, 6.45) is 3.49. The molecule has 0 bridgehead atoms. The van der Waals surface area contributed by atoms with Gasteiger partial charge in [-0.3, -0.25) is 9.59 Å². The van der Waals surface area contributed by atoms with Crippen LogP contribution in [0.4, 0.5) is 5.69 Å². The van der Waals surface area contributed by atoms with Gasteiger partial charge in [0.25, 0.3) is 0 Å². The third-order valence-corrected chi connectivity index (χ3v) is 4.45. The van der Waals surface area contributed by atoms with E-state index < -0.39 is 0 Å². The first-order chi connectivity index (χ1) is 11.6. The van der Waals surface area contributed by atoms with Gasteiger partial charge in [-0.15, -0.1) is 0 Å². The van der Waals surface area contributed by atoms with Crippen LogP contribution >= 0.6 is 15.9 Å². The first-order valence-corrected chi connectivity index (χ1v) is 8.52. The van der Waals surface area contributed by atoms with E-state index in [-0.39, 0.29) is 12.5 Å². The van der Waals surface area contributed by atoms with E-state index in [1.807, 2.05) is 42.5 Å². The molecular formula is C19H17BrN2O2. The van der Waals surface area contributed by atoms with E-state index in [0.717, 1.165) is 33.8 Å². The van der Waals surface area contributed by atoms with E-state index in [1.54, 1.807) is 10.8 Å². The normalized spacial score (nSPS) is 10.8. The average Bonchev–Trinajstić information content (AvgIpc) is 2.92. The minimum absolute atomic E-state index is 0.128. The van der Waals surface area contributed by atoms with Crippen LogP contribution in [0.15, 0.2) is 53.1 Å². The summed E-state index contributed by atoms with van der Waals surface area (Å²) < 4.78 is 2.69. The monoisotopic (exact) mass is 384 g/mol. The SMILES string of the molecule is CCc1ccc(NC(=O)Cn2cc(C=O)c3cc(Br)ccc32)cc1. The van der Waals surface area contributed by atoms with Crippen molar-refractivity contribution in [1.82, 2.24) is 4.57 Å². The predicted molar refractivity (Wildman–Crippen MR) is 99.5 cm³/mol. The Morgan fingerprint density at radius 3 is 2.62 bits per heavy atom. The zero-order chi connectivity index (χ0) is 17.1. The molecule has 0 saturated carbocycles. The molecule has 1 amide bonds. The molecule has 1 N–H and O–H groups in total. The molecular weight excluding hydrogens is 368 g/mol. The van der Waals surface area contributed by atoms with Crippen molar-refractivity contribution in [3.05, 3.63) is 64.3 Å². The van der Waals surface area contributed by atoms with Crippen LogP contribution < -0.4 is 5.32 Å². The Balaban J connectivity index is 1.81. The van der Waals surface area contributed by atoms with Gasteiger partial charge in [0.05, 0.1) is 0 Å². The number of amides is 1. The van der Waals surface area contributed by atoms with E-state index >= 15 is 0 Å². The highest BCUT2D eigenvalue weighted by atomic mass is 79.9. The molecule has 1 heterocycles. The van der Waals surface area contributed by atoms with Crippen LogP contribution in [0.3, 0.4) is 0 Å². The highest BCUT2D eigenvalue weighted by molar-refractivity contribution is 9.10. The summed E-state index contributed by atoms with van der Waals surface area (Å²) in [4.78, 5) is 23.6. The van der Waals surface area contributed by atoms with Gasteiger partial charge in [-0.1, -0.05) is 35.0 Å². The molecule has 24 heavy (non-hydrogen) atoms.